The van der Waals surface area contributed by atoms with Crippen molar-refractivity contribution in [3.8, 4) is 0 Å². The van der Waals surface area contributed by atoms with Gasteiger partial charge in [0.2, 0.25) is 11.8 Å². The van der Waals surface area contributed by atoms with Crippen molar-refractivity contribution in [3.63, 3.8) is 0 Å². The van der Waals surface area contributed by atoms with Gasteiger partial charge in [0.25, 0.3) is 0 Å². The molecule has 2 nitrogen and oxygen atoms in total. The van der Waals surface area contributed by atoms with Crippen molar-refractivity contribution >= 4 is 5.91 Å². The molecule has 0 aromatic heterocycles. The Kier molecular flexibility index (Phi) is 3.89. The summed E-state index contributed by atoms with van der Waals surface area (Å²) in [6.45, 7) is 0.695. The maximum atomic E-state index is 13.2. The minimum absolute atomic E-state index is 0.0170. The molecule has 2 saturated carbocycles. The number of halogens is 2. The van der Waals surface area contributed by atoms with Gasteiger partial charge in [-0.2, -0.15) is 0 Å². The molecule has 1 aromatic carbocycles. The Labute approximate surface area is 142 Å². The van der Waals surface area contributed by atoms with Crippen molar-refractivity contribution < 1.29 is 13.6 Å². The zero-order valence-corrected chi connectivity index (χ0v) is 14.0. The summed E-state index contributed by atoms with van der Waals surface area (Å²) in [6.07, 6.45) is 5.08. The molecule has 0 radical (unpaired) electrons. The first-order chi connectivity index (χ1) is 11.5. The highest BCUT2D eigenvalue weighted by Crippen LogP contribution is 2.59. The number of carbonyl (C=O) groups is 1. The highest BCUT2D eigenvalue weighted by Gasteiger charge is 2.56. The first kappa shape index (κ1) is 16.0. The Bertz CT molecular complexity index is 634. The molecule has 0 aliphatic heterocycles. The van der Waals surface area contributed by atoms with Crippen molar-refractivity contribution in [2.24, 2.45) is 11.8 Å². The van der Waals surface area contributed by atoms with Gasteiger partial charge in [0, 0.05) is 30.7 Å². The molecule has 1 N–H and O–H groups in total. The van der Waals surface area contributed by atoms with E-state index in [2.05, 4.69) is 29.6 Å². The van der Waals surface area contributed by atoms with E-state index in [-0.39, 0.29) is 30.1 Å². The van der Waals surface area contributed by atoms with Crippen LogP contribution in [0.5, 0.6) is 0 Å². The monoisotopic (exact) mass is 333 g/mol. The number of benzene rings is 1. The molecule has 0 unspecified atom stereocenters. The van der Waals surface area contributed by atoms with Crippen LogP contribution in [0.4, 0.5) is 8.78 Å². The smallest absolute Gasteiger partial charge is 0.248 e. The van der Waals surface area contributed by atoms with E-state index >= 15 is 0 Å². The third kappa shape index (κ3) is 2.84. The van der Waals surface area contributed by atoms with Crippen LogP contribution in [0.15, 0.2) is 24.3 Å². The lowest BCUT2D eigenvalue weighted by Gasteiger charge is -2.28. The zero-order chi connectivity index (χ0) is 16.8. The Hall–Kier alpha value is -1.45. The standard InChI is InChI=1S/C20H25F2NO/c21-20(22)10-7-15(8-11-20)18(24)23-13-16-12-19(16)9-3-5-14-4-1-2-6-17(14)19/h1-2,4,6,15-16H,3,5,7-13H2,(H,23,24)/t16-,19+/m0/s1. The third-order valence-corrected chi connectivity index (χ3v) is 6.47. The summed E-state index contributed by atoms with van der Waals surface area (Å²) in [4.78, 5) is 12.3. The fourth-order valence-electron chi connectivity index (χ4n) is 4.91. The predicted molar refractivity (Wildman–Crippen MR) is 89.1 cm³/mol. The molecule has 2 atom stereocenters. The molecule has 4 rings (SSSR count). The average molecular weight is 333 g/mol. The lowest BCUT2D eigenvalue weighted by Crippen LogP contribution is -2.37. The number of nitrogens with one attached hydrogen (secondary N) is 1. The number of hydrogen-bond acceptors (Lipinski definition) is 1. The Morgan fingerprint density at radius 3 is 2.71 bits per heavy atom. The van der Waals surface area contributed by atoms with Crippen molar-refractivity contribution in [3.05, 3.63) is 35.4 Å². The predicted octanol–water partition coefficient (Wildman–Crippen LogP) is 4.22. The summed E-state index contributed by atoms with van der Waals surface area (Å²) in [6, 6.07) is 8.70. The van der Waals surface area contributed by atoms with Crippen LogP contribution in [-0.4, -0.2) is 18.4 Å². The van der Waals surface area contributed by atoms with Crippen LogP contribution >= 0.6 is 0 Å². The van der Waals surface area contributed by atoms with E-state index in [9.17, 15) is 13.6 Å². The highest BCUT2D eigenvalue weighted by atomic mass is 19.3. The van der Waals surface area contributed by atoms with Crippen molar-refractivity contribution in [2.75, 3.05) is 6.54 Å². The lowest BCUT2D eigenvalue weighted by molar-refractivity contribution is -0.129. The van der Waals surface area contributed by atoms with E-state index < -0.39 is 5.92 Å². The molecule has 4 heteroatoms. The summed E-state index contributed by atoms with van der Waals surface area (Å²) in [5.41, 5.74) is 3.21. The second kappa shape index (κ2) is 5.82. The van der Waals surface area contributed by atoms with Crippen molar-refractivity contribution in [1.29, 1.82) is 0 Å². The van der Waals surface area contributed by atoms with Crippen LogP contribution in [0, 0.1) is 11.8 Å². The molecule has 24 heavy (non-hydrogen) atoms. The fourth-order valence-corrected chi connectivity index (χ4v) is 4.91. The van der Waals surface area contributed by atoms with Crippen LogP contribution < -0.4 is 5.32 Å². The Morgan fingerprint density at radius 1 is 1.17 bits per heavy atom. The van der Waals surface area contributed by atoms with E-state index in [0.717, 1.165) is 12.8 Å². The van der Waals surface area contributed by atoms with Crippen LogP contribution in [0.25, 0.3) is 0 Å². The molecular formula is C20H25F2NO. The van der Waals surface area contributed by atoms with E-state index in [1.54, 1.807) is 0 Å². The van der Waals surface area contributed by atoms with Crippen LogP contribution in [0.2, 0.25) is 0 Å². The first-order valence-electron chi connectivity index (χ1n) is 9.24. The zero-order valence-electron chi connectivity index (χ0n) is 14.0. The first-order valence-corrected chi connectivity index (χ1v) is 9.24. The van der Waals surface area contributed by atoms with Gasteiger partial charge in [-0.05, 0) is 55.6 Å². The molecule has 1 aromatic rings. The molecule has 3 aliphatic carbocycles. The van der Waals surface area contributed by atoms with Gasteiger partial charge in [-0.15, -0.1) is 0 Å². The topological polar surface area (TPSA) is 29.1 Å². The van der Waals surface area contributed by atoms with E-state index in [4.69, 9.17) is 0 Å². The normalized spacial score (nSPS) is 31.5. The fraction of sp³-hybridized carbons (Fsp3) is 0.650. The number of carbonyl (C=O) groups excluding carboxylic acids is 1. The number of amides is 1. The molecule has 0 bridgehead atoms. The van der Waals surface area contributed by atoms with Gasteiger partial charge in [-0.1, -0.05) is 24.3 Å². The van der Waals surface area contributed by atoms with Gasteiger partial charge in [0.1, 0.15) is 0 Å². The third-order valence-electron chi connectivity index (χ3n) is 6.47. The minimum atomic E-state index is -2.57. The SMILES string of the molecule is O=C(NC[C@@H]1C[C@]12CCCc1ccccc12)C1CCC(F)(F)CC1. The molecule has 0 heterocycles. The second-order valence-corrected chi connectivity index (χ2v) is 7.94. The maximum Gasteiger partial charge on any atom is 0.248 e. The van der Waals surface area contributed by atoms with Crippen LogP contribution in [0.1, 0.15) is 56.1 Å². The van der Waals surface area contributed by atoms with Gasteiger partial charge < -0.3 is 5.32 Å². The molecule has 0 saturated heterocycles. The average Bonchev–Trinajstić information content (AvgIpc) is 3.26. The maximum absolute atomic E-state index is 13.2. The number of rotatable bonds is 3. The summed E-state index contributed by atoms with van der Waals surface area (Å²) in [5, 5.41) is 3.06. The molecule has 1 amide bonds. The molecule has 3 aliphatic rings. The number of fused-ring (bicyclic) bond motifs is 2. The van der Waals surface area contributed by atoms with Gasteiger partial charge in [0.15, 0.2) is 0 Å². The highest BCUT2D eigenvalue weighted by molar-refractivity contribution is 5.78. The van der Waals surface area contributed by atoms with E-state index in [0.29, 0.717) is 25.3 Å². The van der Waals surface area contributed by atoms with Gasteiger partial charge >= 0.3 is 0 Å². The lowest BCUT2D eigenvalue weighted by atomic mass is 9.78. The van der Waals surface area contributed by atoms with Crippen molar-refractivity contribution in [2.45, 2.75) is 62.7 Å². The number of aryl methyl sites for hydroxylation is 1. The molecular weight excluding hydrogens is 308 g/mol. The van der Waals surface area contributed by atoms with Gasteiger partial charge in [-0.3, -0.25) is 4.79 Å². The van der Waals surface area contributed by atoms with Gasteiger partial charge in [0.05, 0.1) is 0 Å². The number of alkyl halides is 2. The van der Waals surface area contributed by atoms with Gasteiger partial charge in [-0.25, -0.2) is 8.78 Å². The van der Waals surface area contributed by atoms with E-state index in [1.165, 1.54) is 24.0 Å². The molecule has 130 valence electrons. The van der Waals surface area contributed by atoms with Crippen LogP contribution in [-0.2, 0) is 16.6 Å². The largest absolute Gasteiger partial charge is 0.356 e. The second-order valence-electron chi connectivity index (χ2n) is 7.94. The summed E-state index contributed by atoms with van der Waals surface area (Å²) in [7, 11) is 0. The Balaban J connectivity index is 1.33. The summed E-state index contributed by atoms with van der Waals surface area (Å²) < 4.78 is 26.4. The van der Waals surface area contributed by atoms with Crippen molar-refractivity contribution in [1.82, 2.24) is 5.32 Å². The number of hydrogen-bond donors (Lipinski definition) is 1. The quantitative estimate of drug-likeness (QED) is 0.881. The minimum Gasteiger partial charge on any atom is -0.356 e. The molecule has 2 fully saturated rings. The van der Waals surface area contributed by atoms with E-state index in [1.807, 2.05) is 0 Å². The summed E-state index contributed by atoms with van der Waals surface area (Å²) in [5.74, 6) is -2.30. The van der Waals surface area contributed by atoms with Crippen LogP contribution in [0.3, 0.4) is 0 Å². The Morgan fingerprint density at radius 2 is 1.92 bits per heavy atom. The summed E-state index contributed by atoms with van der Waals surface area (Å²) >= 11 is 0. The molecule has 1 spiro atoms.